The van der Waals surface area contributed by atoms with E-state index < -0.39 is 0 Å². The molecule has 2 unspecified atom stereocenters. The maximum atomic E-state index is 13.1. The van der Waals surface area contributed by atoms with Crippen LogP contribution in [0.4, 0.5) is 0 Å². The lowest BCUT2D eigenvalue weighted by Gasteiger charge is -2.36. The smallest absolute Gasteiger partial charge is 0.365 e. The van der Waals surface area contributed by atoms with Crippen LogP contribution in [0.1, 0.15) is 115 Å². The zero-order chi connectivity index (χ0) is 29.1. The zero-order valence-electron chi connectivity index (χ0n) is 26.3. The van der Waals surface area contributed by atoms with Gasteiger partial charge in [0.1, 0.15) is 25.0 Å². The first-order chi connectivity index (χ1) is 19.4. The lowest BCUT2D eigenvalue weighted by Crippen LogP contribution is -2.53. The van der Waals surface area contributed by atoms with E-state index in [-0.39, 0.29) is 24.7 Å². The van der Waals surface area contributed by atoms with Gasteiger partial charge in [-0.05, 0) is 43.9 Å². The van der Waals surface area contributed by atoms with Gasteiger partial charge in [-0.2, -0.15) is 0 Å². The molecule has 2 rings (SSSR count). The average Bonchev–Trinajstić information content (AvgIpc) is 2.94. The van der Waals surface area contributed by atoms with Gasteiger partial charge in [-0.25, -0.2) is 4.79 Å². The maximum Gasteiger partial charge on any atom is 0.365 e. The topological polar surface area (TPSA) is 35.5 Å². The highest BCUT2D eigenvalue weighted by Gasteiger charge is 2.36. The maximum absolute atomic E-state index is 13.1. The summed E-state index contributed by atoms with van der Waals surface area (Å²) in [6.45, 7) is 7.41. The predicted octanol–water partition coefficient (Wildman–Crippen LogP) is 9.30. The normalized spacial score (nSPS) is 13.1. The van der Waals surface area contributed by atoms with Crippen LogP contribution in [0, 0.1) is 0 Å². The summed E-state index contributed by atoms with van der Waals surface area (Å²) in [6.07, 6.45) is 17.8. The van der Waals surface area contributed by atoms with E-state index in [1.807, 2.05) is 37.3 Å². The monoisotopic (exact) mass is 552 g/mol. The molecule has 0 saturated heterocycles. The highest BCUT2D eigenvalue weighted by Crippen LogP contribution is 2.21. The largest absolute Gasteiger partial charge is 0.487 e. The minimum atomic E-state index is -0.202. The number of esters is 1. The third-order valence-electron chi connectivity index (χ3n) is 7.90. The Bertz CT molecular complexity index is 909. The van der Waals surface area contributed by atoms with Gasteiger partial charge in [0.2, 0.25) is 0 Å². The average molecular weight is 553 g/mol. The minimum absolute atomic E-state index is 0.138. The summed E-state index contributed by atoms with van der Waals surface area (Å²) < 4.78 is 12.4. The van der Waals surface area contributed by atoms with Crippen LogP contribution in [0.3, 0.4) is 0 Å². The van der Waals surface area contributed by atoms with Crippen LogP contribution in [0.15, 0.2) is 54.6 Å². The second kappa shape index (κ2) is 19.7. The Morgan fingerprint density at radius 2 is 1.30 bits per heavy atom. The molecule has 0 aliphatic carbocycles. The summed E-state index contributed by atoms with van der Waals surface area (Å²) in [5, 5.41) is 0. The quantitative estimate of drug-likeness (QED) is 0.0829. The first-order valence-corrected chi connectivity index (χ1v) is 16.1. The first kappa shape index (κ1) is 33.9. The molecule has 2 aromatic carbocycles. The molecule has 0 saturated carbocycles. The van der Waals surface area contributed by atoms with Crippen molar-refractivity contribution in [3.63, 3.8) is 0 Å². The lowest BCUT2D eigenvalue weighted by molar-refractivity contribution is -0.920. The number of likely N-dealkylation sites (N-methyl/N-ethyl adjacent to an activating group) is 1. The van der Waals surface area contributed by atoms with Crippen molar-refractivity contribution in [1.82, 2.24) is 0 Å². The third-order valence-corrected chi connectivity index (χ3v) is 7.90. The molecule has 0 spiro atoms. The van der Waals surface area contributed by atoms with Crippen molar-refractivity contribution >= 4 is 5.97 Å². The number of carbonyl (C=O) groups is 1. The Morgan fingerprint density at radius 3 is 1.88 bits per heavy atom. The number of carbonyl (C=O) groups excluding carboxylic acids is 1. The molecule has 224 valence electrons. The number of ether oxygens (including phenoxy) is 2. The molecule has 0 heterocycles. The number of benzene rings is 2. The number of quaternary nitrogens is 1. The molecular weight excluding hydrogens is 494 g/mol. The van der Waals surface area contributed by atoms with Crippen molar-refractivity contribution in [1.29, 1.82) is 0 Å². The van der Waals surface area contributed by atoms with Gasteiger partial charge in [-0.1, -0.05) is 121 Å². The van der Waals surface area contributed by atoms with Crippen molar-refractivity contribution in [3.05, 3.63) is 65.7 Å². The van der Waals surface area contributed by atoms with Gasteiger partial charge < -0.3 is 14.0 Å². The Kier molecular flexibility index (Phi) is 16.7. The molecule has 2 aromatic rings. The molecule has 0 bridgehead atoms. The lowest BCUT2D eigenvalue weighted by atomic mass is 10.0. The van der Waals surface area contributed by atoms with E-state index in [0.717, 1.165) is 31.6 Å². The van der Waals surface area contributed by atoms with Crippen molar-refractivity contribution in [2.75, 3.05) is 20.7 Å². The highest BCUT2D eigenvalue weighted by molar-refractivity contribution is 5.74. The van der Waals surface area contributed by atoms with Crippen molar-refractivity contribution < 1.29 is 18.8 Å². The molecule has 40 heavy (non-hydrogen) atoms. The van der Waals surface area contributed by atoms with E-state index in [9.17, 15) is 4.79 Å². The van der Waals surface area contributed by atoms with Crippen LogP contribution in [0.25, 0.3) is 0 Å². The molecule has 0 aliphatic heterocycles. The summed E-state index contributed by atoms with van der Waals surface area (Å²) >= 11 is 0. The van der Waals surface area contributed by atoms with Gasteiger partial charge in [0.05, 0.1) is 14.1 Å². The van der Waals surface area contributed by atoms with Gasteiger partial charge in [0.15, 0.2) is 6.04 Å². The van der Waals surface area contributed by atoms with Gasteiger partial charge in [0, 0.05) is 12.0 Å². The first-order valence-electron chi connectivity index (χ1n) is 16.1. The van der Waals surface area contributed by atoms with Crippen molar-refractivity contribution in [2.24, 2.45) is 0 Å². The summed E-state index contributed by atoms with van der Waals surface area (Å²) in [4.78, 5) is 13.1. The third kappa shape index (κ3) is 13.8. The molecule has 2 atom stereocenters. The SMILES string of the molecule is CCCCCCCCCCCCCc1ccc(OC(C)COC(=O)C(CCC)[N+](C)(C)Cc2ccccc2)cc1. The van der Waals surface area contributed by atoms with Crippen LogP contribution < -0.4 is 4.74 Å². The number of rotatable bonds is 22. The Labute approximate surface area is 246 Å². The molecule has 0 N–H and O–H groups in total. The summed E-state index contributed by atoms with van der Waals surface area (Å²) in [7, 11) is 4.24. The molecular formula is C36H58NO3+. The summed E-state index contributed by atoms with van der Waals surface area (Å²) in [6, 6.07) is 18.6. The van der Waals surface area contributed by atoms with Crippen molar-refractivity contribution in [2.45, 2.75) is 129 Å². The predicted molar refractivity (Wildman–Crippen MR) is 169 cm³/mol. The van der Waals surface area contributed by atoms with Crippen LogP contribution >= 0.6 is 0 Å². The molecule has 4 heteroatoms. The Morgan fingerprint density at radius 1 is 0.725 bits per heavy atom. The second-order valence-corrected chi connectivity index (χ2v) is 12.2. The van der Waals surface area contributed by atoms with Gasteiger partial charge in [-0.15, -0.1) is 0 Å². The molecule has 0 aliphatic rings. The van der Waals surface area contributed by atoms with E-state index in [1.165, 1.54) is 81.8 Å². The molecule has 0 radical (unpaired) electrons. The summed E-state index contributed by atoms with van der Waals surface area (Å²) in [5.41, 5.74) is 2.59. The van der Waals surface area contributed by atoms with Crippen LogP contribution in [-0.4, -0.2) is 43.3 Å². The fraction of sp³-hybridized carbons (Fsp3) is 0.639. The minimum Gasteiger partial charge on any atom is -0.487 e. The highest BCUT2D eigenvalue weighted by atomic mass is 16.6. The van der Waals surface area contributed by atoms with Gasteiger partial charge in [0.25, 0.3) is 0 Å². The number of unbranched alkanes of at least 4 members (excludes halogenated alkanes) is 10. The van der Waals surface area contributed by atoms with E-state index in [2.05, 4.69) is 52.2 Å². The standard InChI is InChI=1S/C36H58NO3/c1-6-8-9-10-11-12-13-14-15-16-18-22-32-25-27-34(28-26-32)40-31(3)30-39-36(38)35(21-7-2)37(4,5)29-33-23-19-17-20-24-33/h17,19-20,23-28,31,35H,6-16,18,21-22,29-30H2,1-5H3/q+1. The molecule has 0 amide bonds. The van der Waals surface area contributed by atoms with Crippen LogP contribution in [0.5, 0.6) is 5.75 Å². The Hall–Kier alpha value is -2.33. The van der Waals surface area contributed by atoms with Gasteiger partial charge in [-0.3, -0.25) is 0 Å². The van der Waals surface area contributed by atoms with Crippen molar-refractivity contribution in [3.8, 4) is 5.75 Å². The van der Waals surface area contributed by atoms with Gasteiger partial charge >= 0.3 is 5.97 Å². The summed E-state index contributed by atoms with van der Waals surface area (Å²) in [5.74, 6) is 0.692. The molecule has 0 fully saturated rings. The number of hydrogen-bond donors (Lipinski definition) is 0. The van der Waals surface area contributed by atoms with E-state index >= 15 is 0 Å². The molecule has 0 aromatic heterocycles. The number of nitrogens with zero attached hydrogens (tertiary/aromatic N) is 1. The van der Waals surface area contributed by atoms with Crippen LogP contribution in [-0.2, 0) is 22.5 Å². The second-order valence-electron chi connectivity index (χ2n) is 12.2. The fourth-order valence-corrected chi connectivity index (χ4v) is 5.48. The Balaban J connectivity index is 1.66. The zero-order valence-corrected chi connectivity index (χ0v) is 26.3. The number of aryl methyl sites for hydroxylation is 1. The van der Waals surface area contributed by atoms with E-state index in [1.54, 1.807) is 0 Å². The van der Waals surface area contributed by atoms with E-state index in [0.29, 0.717) is 4.48 Å². The van der Waals surface area contributed by atoms with E-state index in [4.69, 9.17) is 9.47 Å². The fourth-order valence-electron chi connectivity index (χ4n) is 5.48. The number of hydrogen-bond acceptors (Lipinski definition) is 3. The molecule has 4 nitrogen and oxygen atoms in total. The van der Waals surface area contributed by atoms with Crippen LogP contribution in [0.2, 0.25) is 0 Å².